The summed E-state index contributed by atoms with van der Waals surface area (Å²) in [6.45, 7) is 2.52. The standard InChI is InChI=1S/C13H10F2N2S2/c1-7-2-3-19-11(7)6-17-10-5-8(14)4-9(15)12(10)16-13(17)18/h2-5H,6H2,1H3,(H,16,18). The number of nitrogens with zero attached hydrogens (tertiary/aromatic N) is 1. The molecule has 1 aromatic carbocycles. The number of aryl methyl sites for hydroxylation is 1. The van der Waals surface area contributed by atoms with Crippen LogP contribution in [0.3, 0.4) is 0 Å². The molecule has 1 N–H and O–H groups in total. The number of hydrogen-bond donors (Lipinski definition) is 1. The van der Waals surface area contributed by atoms with Gasteiger partial charge in [-0.25, -0.2) is 8.78 Å². The molecule has 0 bridgehead atoms. The predicted octanol–water partition coefficient (Wildman–Crippen LogP) is 4.40. The third kappa shape index (κ3) is 2.11. The van der Waals surface area contributed by atoms with Crippen LogP contribution in [0.5, 0.6) is 0 Å². The van der Waals surface area contributed by atoms with E-state index in [1.807, 2.05) is 18.4 Å². The van der Waals surface area contributed by atoms with Crippen molar-refractivity contribution in [3.63, 3.8) is 0 Å². The maximum absolute atomic E-state index is 13.7. The number of aromatic amines is 1. The average Bonchev–Trinajstić information content (AvgIpc) is 2.87. The first-order valence-electron chi connectivity index (χ1n) is 5.67. The van der Waals surface area contributed by atoms with Crippen molar-refractivity contribution in [1.82, 2.24) is 9.55 Å². The minimum absolute atomic E-state index is 0.251. The number of thiophene rings is 1. The molecule has 98 valence electrons. The van der Waals surface area contributed by atoms with Crippen molar-refractivity contribution in [2.24, 2.45) is 0 Å². The molecule has 0 saturated carbocycles. The minimum Gasteiger partial charge on any atom is -0.328 e. The number of halogens is 2. The topological polar surface area (TPSA) is 20.7 Å². The van der Waals surface area contributed by atoms with Gasteiger partial charge in [0.25, 0.3) is 0 Å². The summed E-state index contributed by atoms with van der Waals surface area (Å²) in [5.74, 6) is -1.22. The van der Waals surface area contributed by atoms with Gasteiger partial charge in [0, 0.05) is 10.9 Å². The van der Waals surface area contributed by atoms with E-state index in [0.29, 0.717) is 16.8 Å². The normalized spacial score (nSPS) is 11.3. The van der Waals surface area contributed by atoms with Gasteiger partial charge in [0.15, 0.2) is 10.6 Å². The lowest BCUT2D eigenvalue weighted by Gasteiger charge is -2.04. The van der Waals surface area contributed by atoms with Crippen LogP contribution in [0.2, 0.25) is 0 Å². The van der Waals surface area contributed by atoms with Crippen molar-refractivity contribution < 1.29 is 8.78 Å². The summed E-state index contributed by atoms with van der Waals surface area (Å²) in [6.07, 6.45) is 0. The van der Waals surface area contributed by atoms with Crippen molar-refractivity contribution >= 4 is 34.6 Å². The highest BCUT2D eigenvalue weighted by Crippen LogP contribution is 2.23. The van der Waals surface area contributed by atoms with E-state index in [4.69, 9.17) is 12.2 Å². The molecule has 0 aliphatic rings. The zero-order valence-corrected chi connectivity index (χ0v) is 11.7. The Morgan fingerprint density at radius 2 is 2.16 bits per heavy atom. The molecule has 3 rings (SSSR count). The predicted molar refractivity (Wildman–Crippen MR) is 75.2 cm³/mol. The number of rotatable bonds is 2. The van der Waals surface area contributed by atoms with Crippen LogP contribution in [0.4, 0.5) is 8.78 Å². The second-order valence-corrected chi connectivity index (χ2v) is 5.71. The van der Waals surface area contributed by atoms with Gasteiger partial charge < -0.3 is 9.55 Å². The molecule has 0 aliphatic carbocycles. The highest BCUT2D eigenvalue weighted by molar-refractivity contribution is 7.71. The van der Waals surface area contributed by atoms with Crippen molar-refractivity contribution in [3.8, 4) is 0 Å². The van der Waals surface area contributed by atoms with E-state index in [-0.39, 0.29) is 5.52 Å². The Morgan fingerprint density at radius 3 is 2.84 bits per heavy atom. The number of aromatic nitrogens is 2. The van der Waals surface area contributed by atoms with Crippen molar-refractivity contribution in [2.45, 2.75) is 13.5 Å². The lowest BCUT2D eigenvalue weighted by atomic mass is 10.2. The summed E-state index contributed by atoms with van der Waals surface area (Å²) in [4.78, 5) is 3.92. The molecule has 2 heterocycles. The van der Waals surface area contributed by atoms with Gasteiger partial charge in [0.1, 0.15) is 11.3 Å². The lowest BCUT2D eigenvalue weighted by molar-refractivity contribution is 0.590. The Kier molecular flexibility index (Phi) is 2.99. The number of imidazole rings is 1. The highest BCUT2D eigenvalue weighted by Gasteiger charge is 2.12. The molecule has 6 heteroatoms. The van der Waals surface area contributed by atoms with Crippen LogP contribution in [-0.2, 0) is 6.54 Å². The van der Waals surface area contributed by atoms with Crippen molar-refractivity contribution in [1.29, 1.82) is 0 Å². The molecule has 2 nitrogen and oxygen atoms in total. The fourth-order valence-electron chi connectivity index (χ4n) is 2.05. The van der Waals surface area contributed by atoms with Gasteiger partial charge in [0.05, 0.1) is 12.1 Å². The third-order valence-corrected chi connectivity index (χ3v) is 4.40. The van der Waals surface area contributed by atoms with Crippen LogP contribution >= 0.6 is 23.6 Å². The number of hydrogen-bond acceptors (Lipinski definition) is 2. The molecule has 0 radical (unpaired) electrons. The first-order valence-corrected chi connectivity index (χ1v) is 6.95. The van der Waals surface area contributed by atoms with Crippen molar-refractivity contribution in [2.75, 3.05) is 0 Å². The van der Waals surface area contributed by atoms with Gasteiger partial charge in [-0.3, -0.25) is 0 Å². The Labute approximate surface area is 117 Å². The van der Waals surface area contributed by atoms with Crippen LogP contribution in [0.25, 0.3) is 11.0 Å². The third-order valence-electron chi connectivity index (χ3n) is 3.07. The van der Waals surface area contributed by atoms with E-state index in [1.165, 1.54) is 6.07 Å². The molecule has 0 spiro atoms. The Morgan fingerprint density at radius 1 is 1.37 bits per heavy atom. The smallest absolute Gasteiger partial charge is 0.178 e. The lowest BCUT2D eigenvalue weighted by Crippen LogP contribution is -1.99. The Bertz CT molecular complexity index is 814. The fourth-order valence-corrected chi connectivity index (χ4v) is 3.21. The van der Waals surface area contributed by atoms with Gasteiger partial charge >= 0.3 is 0 Å². The zero-order valence-electron chi connectivity index (χ0n) is 10.0. The largest absolute Gasteiger partial charge is 0.328 e. The zero-order chi connectivity index (χ0) is 13.6. The van der Waals surface area contributed by atoms with Crippen LogP contribution < -0.4 is 0 Å². The molecule has 0 fully saturated rings. The van der Waals surface area contributed by atoms with Crippen LogP contribution in [0.1, 0.15) is 10.4 Å². The summed E-state index contributed by atoms with van der Waals surface area (Å²) in [7, 11) is 0. The van der Waals surface area contributed by atoms with E-state index >= 15 is 0 Å². The average molecular weight is 296 g/mol. The monoisotopic (exact) mass is 296 g/mol. The van der Waals surface area contributed by atoms with Gasteiger partial charge in [-0.05, 0) is 42.2 Å². The van der Waals surface area contributed by atoms with Crippen LogP contribution in [0.15, 0.2) is 23.6 Å². The van der Waals surface area contributed by atoms with Crippen LogP contribution in [-0.4, -0.2) is 9.55 Å². The molecular formula is C13H10F2N2S2. The maximum Gasteiger partial charge on any atom is 0.178 e. The minimum atomic E-state index is -0.622. The highest BCUT2D eigenvalue weighted by atomic mass is 32.1. The molecule has 0 saturated heterocycles. The molecule has 0 aliphatic heterocycles. The first-order chi connectivity index (χ1) is 9.06. The molecular weight excluding hydrogens is 286 g/mol. The molecule has 3 aromatic rings. The molecule has 2 aromatic heterocycles. The Balaban J connectivity index is 2.21. The fraction of sp³-hybridized carbons (Fsp3) is 0.154. The van der Waals surface area contributed by atoms with E-state index in [1.54, 1.807) is 15.9 Å². The summed E-state index contributed by atoms with van der Waals surface area (Å²) < 4.78 is 29.1. The van der Waals surface area contributed by atoms with Gasteiger partial charge in [-0.15, -0.1) is 11.3 Å². The molecule has 0 unspecified atom stereocenters. The maximum atomic E-state index is 13.7. The number of H-pyrrole nitrogens is 1. The summed E-state index contributed by atoms with van der Waals surface area (Å²) in [5, 5.41) is 1.99. The van der Waals surface area contributed by atoms with E-state index in [9.17, 15) is 8.78 Å². The van der Waals surface area contributed by atoms with E-state index in [0.717, 1.165) is 16.5 Å². The summed E-state index contributed by atoms with van der Waals surface area (Å²) >= 11 is 6.80. The van der Waals surface area contributed by atoms with Gasteiger partial charge in [-0.2, -0.15) is 0 Å². The molecule has 19 heavy (non-hydrogen) atoms. The van der Waals surface area contributed by atoms with Crippen molar-refractivity contribution in [3.05, 3.63) is 50.4 Å². The number of fused-ring (bicyclic) bond motifs is 1. The van der Waals surface area contributed by atoms with Gasteiger partial charge in [0.2, 0.25) is 0 Å². The molecule has 0 amide bonds. The first kappa shape index (κ1) is 12.5. The quantitative estimate of drug-likeness (QED) is 0.695. The van der Waals surface area contributed by atoms with E-state index < -0.39 is 11.6 Å². The van der Waals surface area contributed by atoms with Crippen LogP contribution in [0, 0.1) is 23.3 Å². The second-order valence-electron chi connectivity index (χ2n) is 4.32. The summed E-state index contributed by atoms with van der Waals surface area (Å²) in [5.41, 5.74) is 1.86. The van der Waals surface area contributed by atoms with E-state index in [2.05, 4.69) is 4.98 Å². The SMILES string of the molecule is Cc1ccsc1Cn1c(=S)[nH]c2c(F)cc(F)cc21. The second kappa shape index (κ2) is 4.54. The molecule has 0 atom stereocenters. The number of nitrogens with one attached hydrogen (secondary N) is 1. The van der Waals surface area contributed by atoms with Gasteiger partial charge in [-0.1, -0.05) is 0 Å². The summed E-state index contributed by atoms with van der Waals surface area (Å²) in [6, 6.07) is 4.17. The Hall–Kier alpha value is -1.53. The number of benzene rings is 1.